The molecule has 0 bridgehead atoms. The Morgan fingerprint density at radius 2 is 2.03 bits per heavy atom. The van der Waals surface area contributed by atoms with Crippen molar-refractivity contribution in [1.82, 2.24) is 4.90 Å². The Balaban J connectivity index is 1.67. The van der Waals surface area contributed by atoms with E-state index in [4.69, 9.17) is 14.6 Å². The van der Waals surface area contributed by atoms with E-state index in [0.717, 1.165) is 25.7 Å². The third kappa shape index (κ3) is 8.03. The number of ether oxygens (including phenoxy) is 2. The second kappa shape index (κ2) is 11.0. The van der Waals surface area contributed by atoms with Crippen molar-refractivity contribution in [1.29, 1.82) is 0 Å². The van der Waals surface area contributed by atoms with Gasteiger partial charge in [0.2, 0.25) is 0 Å². The van der Waals surface area contributed by atoms with Crippen LogP contribution in [0.25, 0.3) is 0 Å². The van der Waals surface area contributed by atoms with E-state index < -0.39 is 22.6 Å². The normalized spacial score (nSPS) is 16.6. The molecule has 1 fully saturated rings. The highest BCUT2D eigenvalue weighted by Crippen LogP contribution is 2.25. The minimum Gasteiger partial charge on any atom is -0.611 e. The van der Waals surface area contributed by atoms with Crippen molar-refractivity contribution in [3.63, 3.8) is 0 Å². The van der Waals surface area contributed by atoms with E-state index in [1.807, 2.05) is 20.8 Å². The topological polar surface area (TPSA) is 82.1 Å². The molecule has 0 spiro atoms. The van der Waals surface area contributed by atoms with Crippen LogP contribution in [0, 0.1) is 11.7 Å². The Morgan fingerprint density at radius 3 is 2.62 bits per heavy atom. The molecule has 1 saturated heterocycles. The molecule has 8 heteroatoms. The lowest BCUT2D eigenvalue weighted by molar-refractivity contribution is 0.0179. The summed E-state index contributed by atoms with van der Waals surface area (Å²) < 4.78 is 36.8. The van der Waals surface area contributed by atoms with Gasteiger partial charge in [0.25, 0.3) is 0 Å². The molecule has 1 unspecified atom stereocenters. The Hall–Kier alpha value is -1.51. The van der Waals surface area contributed by atoms with Crippen LogP contribution in [0.3, 0.4) is 0 Å². The van der Waals surface area contributed by atoms with Crippen LogP contribution in [0.4, 0.5) is 9.18 Å². The first-order valence-corrected chi connectivity index (χ1v) is 11.4. The van der Waals surface area contributed by atoms with Crippen molar-refractivity contribution in [2.24, 2.45) is 5.92 Å². The van der Waals surface area contributed by atoms with Crippen LogP contribution in [-0.2, 0) is 15.9 Å². The number of aliphatic hydroxyl groups is 1. The van der Waals surface area contributed by atoms with E-state index in [2.05, 4.69) is 0 Å². The number of hydrogen-bond acceptors (Lipinski definition) is 5. The van der Waals surface area contributed by atoms with Crippen molar-refractivity contribution in [3.8, 4) is 5.75 Å². The first-order valence-electron chi connectivity index (χ1n) is 10.1. The predicted molar refractivity (Wildman–Crippen MR) is 110 cm³/mol. The number of piperidine rings is 1. The molecule has 0 aliphatic carbocycles. The number of halogens is 1. The number of aliphatic hydroxyl groups excluding tert-OH is 1. The monoisotopic (exact) mass is 429 g/mol. The van der Waals surface area contributed by atoms with Crippen LogP contribution in [-0.4, -0.2) is 58.3 Å². The van der Waals surface area contributed by atoms with Crippen molar-refractivity contribution in [2.45, 2.75) is 57.0 Å². The Kier molecular flexibility index (Phi) is 9.04. The fourth-order valence-corrected chi connectivity index (χ4v) is 4.12. The predicted octanol–water partition coefficient (Wildman–Crippen LogP) is 3.73. The van der Waals surface area contributed by atoms with Crippen molar-refractivity contribution < 1.29 is 28.3 Å². The molecule has 1 atom stereocenters. The Bertz CT molecular complexity index is 659. The minimum absolute atomic E-state index is 0.0177. The largest absolute Gasteiger partial charge is 0.611 e. The number of nitrogens with zero attached hydrogens (tertiary/aromatic N) is 1. The van der Waals surface area contributed by atoms with E-state index >= 15 is 0 Å². The molecule has 164 valence electrons. The molecule has 1 aliphatic heterocycles. The van der Waals surface area contributed by atoms with Gasteiger partial charge in [-0.15, -0.1) is 0 Å². The molecule has 1 aromatic rings. The molecule has 6 nitrogen and oxygen atoms in total. The molecule has 1 N–H and O–H groups in total. The summed E-state index contributed by atoms with van der Waals surface area (Å²) in [6, 6.07) is 4.29. The zero-order valence-corrected chi connectivity index (χ0v) is 18.3. The molecule has 0 radical (unpaired) electrons. The second-order valence-electron chi connectivity index (χ2n) is 8.27. The van der Waals surface area contributed by atoms with E-state index in [9.17, 15) is 13.7 Å². The summed E-state index contributed by atoms with van der Waals surface area (Å²) in [6.07, 6.45) is 3.48. The van der Waals surface area contributed by atoms with E-state index in [1.54, 1.807) is 11.0 Å². The highest BCUT2D eigenvalue weighted by Gasteiger charge is 2.26. The third-order valence-corrected chi connectivity index (χ3v) is 6.09. The number of hydrogen-bond donors (Lipinski definition) is 1. The minimum atomic E-state index is -1.54. The quantitative estimate of drug-likeness (QED) is 0.503. The first kappa shape index (κ1) is 23.8. The van der Waals surface area contributed by atoms with Gasteiger partial charge in [-0.2, -0.15) is 0 Å². The Morgan fingerprint density at radius 1 is 1.34 bits per heavy atom. The van der Waals surface area contributed by atoms with Crippen LogP contribution in [0.5, 0.6) is 5.75 Å². The number of carbonyl (C=O) groups excluding carboxylic acids is 1. The molecule has 2 rings (SSSR count). The average Bonchev–Trinajstić information content (AvgIpc) is 2.64. The maximum Gasteiger partial charge on any atom is 0.410 e. The van der Waals surface area contributed by atoms with Gasteiger partial charge >= 0.3 is 6.09 Å². The molecule has 1 heterocycles. The van der Waals surface area contributed by atoms with Gasteiger partial charge in [0, 0.05) is 19.2 Å². The standard InChI is InChI=1S/C21H32FNO5S/c1-21(2,3)28-20(25)23-10-8-16(9-11-23)5-4-13-27-17-6-7-19(18(22)15-17)29(26)14-12-24/h6-7,15-16,24H,4-5,8-14H2,1-3H3. The number of benzene rings is 1. The summed E-state index contributed by atoms with van der Waals surface area (Å²) in [5.41, 5.74) is -0.475. The number of carbonyl (C=O) groups is 1. The van der Waals surface area contributed by atoms with Crippen LogP contribution in [0.1, 0.15) is 46.5 Å². The molecule has 1 amide bonds. The fraction of sp³-hybridized carbons (Fsp3) is 0.667. The van der Waals surface area contributed by atoms with Crippen LogP contribution in [0.2, 0.25) is 0 Å². The summed E-state index contributed by atoms with van der Waals surface area (Å²) in [4.78, 5) is 13.9. The van der Waals surface area contributed by atoms with Crippen LogP contribution < -0.4 is 4.74 Å². The van der Waals surface area contributed by atoms with Crippen molar-refractivity contribution >= 4 is 17.3 Å². The van der Waals surface area contributed by atoms with Crippen LogP contribution >= 0.6 is 0 Å². The summed E-state index contributed by atoms with van der Waals surface area (Å²) in [5.74, 6) is 0.386. The molecule has 1 aliphatic rings. The summed E-state index contributed by atoms with van der Waals surface area (Å²) in [6.45, 7) is 7.24. The van der Waals surface area contributed by atoms with Crippen LogP contribution in [0.15, 0.2) is 23.1 Å². The van der Waals surface area contributed by atoms with Gasteiger partial charge in [-0.05, 0) is 75.7 Å². The van der Waals surface area contributed by atoms with E-state index in [1.165, 1.54) is 12.1 Å². The van der Waals surface area contributed by atoms with E-state index in [-0.39, 0.29) is 23.3 Å². The zero-order chi connectivity index (χ0) is 21.4. The molecule has 1 aromatic carbocycles. The first-order chi connectivity index (χ1) is 13.7. The van der Waals surface area contributed by atoms with Crippen molar-refractivity contribution in [3.05, 3.63) is 24.0 Å². The second-order valence-corrected chi connectivity index (χ2v) is 9.81. The lowest BCUT2D eigenvalue weighted by Crippen LogP contribution is -2.41. The average molecular weight is 430 g/mol. The van der Waals surface area contributed by atoms with Gasteiger partial charge in [0.1, 0.15) is 17.1 Å². The summed E-state index contributed by atoms with van der Waals surface area (Å²) >= 11 is -1.54. The molecule has 29 heavy (non-hydrogen) atoms. The fourth-order valence-electron chi connectivity index (χ4n) is 3.24. The Labute approximate surface area is 175 Å². The van der Waals surface area contributed by atoms with Crippen molar-refractivity contribution in [2.75, 3.05) is 32.1 Å². The maximum absolute atomic E-state index is 14.0. The molecule has 0 aromatic heterocycles. The SMILES string of the molecule is CC(C)(C)OC(=O)N1CCC(CCCOc2ccc([S+]([O-])CCO)c(F)c2)CC1. The number of rotatable bonds is 8. The summed E-state index contributed by atoms with van der Waals surface area (Å²) in [5, 5.41) is 8.81. The zero-order valence-electron chi connectivity index (χ0n) is 17.5. The molecule has 0 saturated carbocycles. The molecular weight excluding hydrogens is 397 g/mol. The third-order valence-electron chi connectivity index (χ3n) is 4.72. The lowest BCUT2D eigenvalue weighted by Gasteiger charge is -2.33. The molecular formula is C21H32FNO5S. The van der Waals surface area contributed by atoms with E-state index in [0.29, 0.717) is 31.4 Å². The highest BCUT2D eigenvalue weighted by molar-refractivity contribution is 7.91. The smallest absolute Gasteiger partial charge is 0.410 e. The number of likely N-dealkylation sites (tertiary alicyclic amines) is 1. The van der Waals surface area contributed by atoms with Gasteiger partial charge < -0.3 is 24.0 Å². The summed E-state index contributed by atoms with van der Waals surface area (Å²) in [7, 11) is 0. The van der Waals surface area contributed by atoms with Gasteiger partial charge in [-0.1, -0.05) is 0 Å². The van der Waals surface area contributed by atoms with Gasteiger partial charge in [-0.3, -0.25) is 0 Å². The van der Waals surface area contributed by atoms with Gasteiger partial charge in [0.05, 0.1) is 13.2 Å². The number of amides is 1. The highest BCUT2D eigenvalue weighted by atomic mass is 32.2. The van der Waals surface area contributed by atoms with Gasteiger partial charge in [0.15, 0.2) is 10.7 Å². The van der Waals surface area contributed by atoms with Gasteiger partial charge in [-0.25, -0.2) is 9.18 Å². The lowest BCUT2D eigenvalue weighted by atomic mass is 9.92. The maximum atomic E-state index is 14.0.